The van der Waals surface area contributed by atoms with E-state index in [-0.39, 0.29) is 0 Å². The van der Waals surface area contributed by atoms with Crippen LogP contribution >= 0.6 is 11.3 Å². The average Bonchev–Trinajstić information content (AvgIpc) is 3.43. The predicted octanol–water partition coefficient (Wildman–Crippen LogP) is 5.88. The van der Waals surface area contributed by atoms with Crippen molar-refractivity contribution in [2.24, 2.45) is 0 Å². The lowest BCUT2D eigenvalue weighted by molar-refractivity contribution is 0.414. The molecule has 5 heteroatoms. The summed E-state index contributed by atoms with van der Waals surface area (Å²) < 4.78 is 7.52. The standard InChI is InChI=1S/C24H19N3OS/c1-28-20-4-2-17(3-5-20)14-27-15-22(19-10-13-29-16-19)21-6-7-23(26-24(21)27)18-8-11-25-12-9-18/h2-13,15-16H,14H2,1H3. The number of rotatable bonds is 5. The summed E-state index contributed by atoms with van der Waals surface area (Å²) in [5, 5.41) is 5.46. The molecule has 0 saturated heterocycles. The van der Waals surface area contributed by atoms with Crippen LogP contribution in [0.15, 0.2) is 83.9 Å². The van der Waals surface area contributed by atoms with Crippen molar-refractivity contribution in [3.63, 3.8) is 0 Å². The molecule has 0 unspecified atom stereocenters. The molecule has 1 aromatic carbocycles. The van der Waals surface area contributed by atoms with Crippen molar-refractivity contribution >= 4 is 22.4 Å². The van der Waals surface area contributed by atoms with Gasteiger partial charge in [-0.1, -0.05) is 12.1 Å². The highest BCUT2D eigenvalue weighted by molar-refractivity contribution is 7.08. The number of aromatic nitrogens is 3. The number of hydrogen-bond acceptors (Lipinski definition) is 4. The number of hydrogen-bond donors (Lipinski definition) is 0. The summed E-state index contributed by atoms with van der Waals surface area (Å²) in [4.78, 5) is 9.14. The van der Waals surface area contributed by atoms with Crippen LogP contribution in [0.4, 0.5) is 0 Å². The van der Waals surface area contributed by atoms with Gasteiger partial charge in [0.25, 0.3) is 0 Å². The Morgan fingerprint density at radius 3 is 2.48 bits per heavy atom. The number of methoxy groups -OCH3 is 1. The maximum Gasteiger partial charge on any atom is 0.141 e. The lowest BCUT2D eigenvalue weighted by Crippen LogP contribution is -2.00. The molecular formula is C24H19N3OS. The largest absolute Gasteiger partial charge is 0.497 e. The molecular weight excluding hydrogens is 378 g/mol. The summed E-state index contributed by atoms with van der Waals surface area (Å²) in [6.45, 7) is 0.747. The molecule has 4 nitrogen and oxygen atoms in total. The highest BCUT2D eigenvalue weighted by atomic mass is 32.1. The zero-order valence-electron chi connectivity index (χ0n) is 15.9. The number of thiophene rings is 1. The Morgan fingerprint density at radius 2 is 1.76 bits per heavy atom. The van der Waals surface area contributed by atoms with Crippen LogP contribution in [0.3, 0.4) is 0 Å². The number of benzene rings is 1. The van der Waals surface area contributed by atoms with Crippen LogP contribution in [0.5, 0.6) is 5.75 Å². The van der Waals surface area contributed by atoms with E-state index in [0.717, 1.165) is 34.6 Å². The fraction of sp³-hybridized carbons (Fsp3) is 0.0833. The highest BCUT2D eigenvalue weighted by Gasteiger charge is 2.14. The SMILES string of the molecule is COc1ccc(Cn2cc(-c3ccsc3)c3ccc(-c4ccncc4)nc32)cc1. The third-order valence-corrected chi connectivity index (χ3v) is 5.73. The molecule has 0 radical (unpaired) electrons. The smallest absolute Gasteiger partial charge is 0.141 e. The summed E-state index contributed by atoms with van der Waals surface area (Å²) in [7, 11) is 1.69. The first-order chi connectivity index (χ1) is 14.3. The molecule has 0 atom stereocenters. The fourth-order valence-electron chi connectivity index (χ4n) is 3.54. The van der Waals surface area contributed by atoms with Gasteiger partial charge in [0.05, 0.1) is 12.8 Å². The maximum atomic E-state index is 5.28. The number of fused-ring (bicyclic) bond motifs is 1. The van der Waals surface area contributed by atoms with Gasteiger partial charge in [0.1, 0.15) is 11.4 Å². The Bertz CT molecular complexity index is 1240. The Hall–Kier alpha value is -3.44. The average molecular weight is 398 g/mol. The van der Waals surface area contributed by atoms with Gasteiger partial charge in [-0.3, -0.25) is 4.98 Å². The van der Waals surface area contributed by atoms with Crippen LogP contribution in [0, 0.1) is 0 Å². The van der Waals surface area contributed by atoms with Crippen molar-refractivity contribution < 1.29 is 4.74 Å². The summed E-state index contributed by atoms with van der Waals surface area (Å²) in [5.74, 6) is 0.864. The molecule has 0 spiro atoms. The molecule has 0 fully saturated rings. The zero-order chi connectivity index (χ0) is 19.6. The van der Waals surface area contributed by atoms with Crippen molar-refractivity contribution in [1.82, 2.24) is 14.5 Å². The quantitative estimate of drug-likeness (QED) is 0.372. The molecule has 0 aliphatic heterocycles. The predicted molar refractivity (Wildman–Crippen MR) is 118 cm³/mol. The van der Waals surface area contributed by atoms with Crippen LogP contribution in [-0.2, 0) is 6.54 Å². The van der Waals surface area contributed by atoms with E-state index in [1.807, 2.05) is 24.3 Å². The Labute approximate surface area is 173 Å². The molecule has 142 valence electrons. The van der Waals surface area contributed by atoms with Crippen LogP contribution in [0.1, 0.15) is 5.56 Å². The molecule has 0 aliphatic rings. The van der Waals surface area contributed by atoms with Gasteiger partial charge < -0.3 is 9.30 Å². The van der Waals surface area contributed by atoms with E-state index >= 15 is 0 Å². The Morgan fingerprint density at radius 1 is 0.931 bits per heavy atom. The van der Waals surface area contributed by atoms with Crippen molar-refractivity contribution in [3.8, 4) is 28.1 Å². The van der Waals surface area contributed by atoms with Gasteiger partial charge >= 0.3 is 0 Å². The van der Waals surface area contributed by atoms with Crippen LogP contribution in [0.25, 0.3) is 33.4 Å². The van der Waals surface area contributed by atoms with E-state index < -0.39 is 0 Å². The lowest BCUT2D eigenvalue weighted by atomic mass is 10.1. The number of nitrogens with zero attached hydrogens (tertiary/aromatic N) is 3. The highest BCUT2D eigenvalue weighted by Crippen LogP contribution is 2.33. The topological polar surface area (TPSA) is 39.9 Å². The van der Waals surface area contributed by atoms with Crippen molar-refractivity contribution in [3.05, 3.63) is 89.5 Å². The van der Waals surface area contributed by atoms with E-state index in [1.165, 1.54) is 16.7 Å². The molecule has 5 rings (SSSR count). The molecule has 0 saturated carbocycles. The number of ether oxygens (including phenoxy) is 1. The molecule has 29 heavy (non-hydrogen) atoms. The second-order valence-electron chi connectivity index (χ2n) is 6.83. The van der Waals surface area contributed by atoms with Gasteiger partial charge in [0.2, 0.25) is 0 Å². The first-order valence-electron chi connectivity index (χ1n) is 9.37. The number of pyridine rings is 2. The minimum Gasteiger partial charge on any atom is -0.497 e. The monoisotopic (exact) mass is 397 g/mol. The van der Waals surface area contributed by atoms with Gasteiger partial charge in [-0.15, -0.1) is 0 Å². The second-order valence-corrected chi connectivity index (χ2v) is 7.61. The molecule has 0 N–H and O–H groups in total. The van der Waals surface area contributed by atoms with Crippen molar-refractivity contribution in [2.75, 3.05) is 7.11 Å². The van der Waals surface area contributed by atoms with Crippen LogP contribution in [0.2, 0.25) is 0 Å². The van der Waals surface area contributed by atoms with Gasteiger partial charge in [-0.05, 0) is 64.4 Å². The minimum absolute atomic E-state index is 0.747. The van der Waals surface area contributed by atoms with Crippen LogP contribution < -0.4 is 4.74 Å². The summed E-state index contributed by atoms with van der Waals surface area (Å²) in [5.41, 5.74) is 6.64. The fourth-order valence-corrected chi connectivity index (χ4v) is 4.20. The van der Waals surface area contributed by atoms with E-state index in [4.69, 9.17) is 9.72 Å². The molecule has 4 aromatic heterocycles. The first kappa shape index (κ1) is 17.6. The van der Waals surface area contributed by atoms with Crippen LogP contribution in [-0.4, -0.2) is 21.6 Å². The van der Waals surface area contributed by atoms with Gasteiger partial charge in [-0.25, -0.2) is 4.98 Å². The van der Waals surface area contributed by atoms with E-state index in [2.05, 4.69) is 56.8 Å². The third kappa shape index (κ3) is 3.41. The molecule has 0 aliphatic carbocycles. The summed E-state index contributed by atoms with van der Waals surface area (Å²) in [6.07, 6.45) is 5.81. The minimum atomic E-state index is 0.747. The van der Waals surface area contributed by atoms with Crippen molar-refractivity contribution in [2.45, 2.75) is 6.54 Å². The first-order valence-corrected chi connectivity index (χ1v) is 10.3. The molecule has 5 aromatic rings. The van der Waals surface area contributed by atoms with Crippen molar-refractivity contribution in [1.29, 1.82) is 0 Å². The second kappa shape index (κ2) is 7.53. The van der Waals surface area contributed by atoms with Gasteiger partial charge in [0, 0.05) is 41.6 Å². The van der Waals surface area contributed by atoms with Gasteiger partial charge in [-0.2, -0.15) is 11.3 Å². The van der Waals surface area contributed by atoms with E-state index in [1.54, 1.807) is 30.8 Å². The summed E-state index contributed by atoms with van der Waals surface area (Å²) in [6, 6.07) is 18.6. The van der Waals surface area contributed by atoms with E-state index in [0.29, 0.717) is 0 Å². The van der Waals surface area contributed by atoms with E-state index in [9.17, 15) is 0 Å². The Kier molecular flexibility index (Phi) is 4.58. The molecule has 0 amide bonds. The maximum absolute atomic E-state index is 5.28. The third-order valence-electron chi connectivity index (χ3n) is 5.04. The zero-order valence-corrected chi connectivity index (χ0v) is 16.8. The van der Waals surface area contributed by atoms with Gasteiger partial charge in [0.15, 0.2) is 0 Å². The molecule has 4 heterocycles. The Balaban J connectivity index is 1.64. The lowest BCUT2D eigenvalue weighted by Gasteiger charge is -2.07. The summed E-state index contributed by atoms with van der Waals surface area (Å²) >= 11 is 1.71. The normalized spacial score (nSPS) is 11.1. The molecule has 0 bridgehead atoms.